The van der Waals surface area contributed by atoms with Crippen molar-refractivity contribution in [3.63, 3.8) is 0 Å². The highest BCUT2D eigenvalue weighted by molar-refractivity contribution is 7.13. The summed E-state index contributed by atoms with van der Waals surface area (Å²) in [5.41, 5.74) is 0.398. The third-order valence-corrected chi connectivity index (χ3v) is 5.74. The lowest BCUT2D eigenvalue weighted by molar-refractivity contribution is -0.130. The molecular formula is C21H24N4O3S. The summed E-state index contributed by atoms with van der Waals surface area (Å²) in [6.07, 6.45) is 3.11. The van der Waals surface area contributed by atoms with Crippen molar-refractivity contribution in [3.05, 3.63) is 47.0 Å². The molecule has 1 saturated carbocycles. The van der Waals surface area contributed by atoms with E-state index in [2.05, 4.69) is 21.7 Å². The van der Waals surface area contributed by atoms with Crippen LogP contribution in [-0.4, -0.2) is 28.5 Å². The third kappa shape index (κ3) is 5.55. The first kappa shape index (κ1) is 20.8. The number of nitriles is 1. The molecule has 1 atom stereocenters. The van der Waals surface area contributed by atoms with Gasteiger partial charge in [-0.15, -0.1) is 11.3 Å². The molecular weight excluding hydrogens is 388 g/mol. The normalized spacial score (nSPS) is 16.3. The van der Waals surface area contributed by atoms with Crippen LogP contribution in [0.15, 0.2) is 35.7 Å². The van der Waals surface area contributed by atoms with E-state index in [1.807, 2.05) is 30.3 Å². The van der Waals surface area contributed by atoms with E-state index in [0.717, 1.165) is 24.8 Å². The van der Waals surface area contributed by atoms with Gasteiger partial charge in [0, 0.05) is 11.9 Å². The zero-order valence-electron chi connectivity index (χ0n) is 16.3. The van der Waals surface area contributed by atoms with E-state index in [0.29, 0.717) is 24.5 Å². The van der Waals surface area contributed by atoms with Crippen LogP contribution in [0.25, 0.3) is 0 Å². The van der Waals surface area contributed by atoms with E-state index in [1.54, 1.807) is 5.38 Å². The summed E-state index contributed by atoms with van der Waals surface area (Å²) in [7, 11) is 0. The lowest BCUT2D eigenvalue weighted by Gasteiger charge is -2.32. The average Bonchev–Trinajstić information content (AvgIpc) is 3.23. The molecule has 1 aliphatic rings. The van der Waals surface area contributed by atoms with Crippen molar-refractivity contribution in [2.24, 2.45) is 0 Å². The van der Waals surface area contributed by atoms with Gasteiger partial charge in [0.05, 0.1) is 6.07 Å². The van der Waals surface area contributed by atoms with E-state index in [1.165, 1.54) is 18.3 Å². The Morgan fingerprint density at radius 2 is 2.00 bits per heavy atom. The van der Waals surface area contributed by atoms with Gasteiger partial charge in [-0.1, -0.05) is 49.6 Å². The number of carbonyl (C=O) groups is 2. The van der Waals surface area contributed by atoms with Crippen LogP contribution < -0.4 is 10.6 Å². The monoisotopic (exact) mass is 412 g/mol. The Hall–Kier alpha value is -2.92. The Labute approximate surface area is 174 Å². The van der Waals surface area contributed by atoms with Gasteiger partial charge in [-0.2, -0.15) is 5.26 Å². The fourth-order valence-electron chi connectivity index (χ4n) is 3.25. The number of ether oxygens (including phenoxy) is 1. The molecule has 1 amide bonds. The number of anilines is 1. The van der Waals surface area contributed by atoms with Crippen molar-refractivity contribution in [1.29, 1.82) is 5.26 Å². The van der Waals surface area contributed by atoms with Crippen LogP contribution in [0, 0.1) is 11.3 Å². The molecule has 0 unspecified atom stereocenters. The molecule has 1 aromatic carbocycles. The van der Waals surface area contributed by atoms with Crippen molar-refractivity contribution >= 4 is 28.3 Å². The molecule has 8 heteroatoms. The number of thiazole rings is 1. The molecule has 0 spiro atoms. The van der Waals surface area contributed by atoms with Crippen LogP contribution in [0.5, 0.6) is 0 Å². The first-order valence-electron chi connectivity index (χ1n) is 9.69. The highest BCUT2D eigenvalue weighted by Gasteiger charge is 2.35. The maximum atomic E-state index is 12.4. The molecule has 0 bridgehead atoms. The number of rotatable bonds is 7. The Morgan fingerprint density at radius 1 is 1.28 bits per heavy atom. The van der Waals surface area contributed by atoms with Gasteiger partial charge < -0.3 is 15.4 Å². The average molecular weight is 413 g/mol. The Morgan fingerprint density at radius 3 is 2.69 bits per heavy atom. The van der Waals surface area contributed by atoms with Crippen molar-refractivity contribution in [1.82, 2.24) is 10.3 Å². The van der Waals surface area contributed by atoms with Crippen molar-refractivity contribution in [3.8, 4) is 6.07 Å². The predicted octanol–water partition coefficient (Wildman–Crippen LogP) is 3.64. The number of amides is 1. The molecule has 29 heavy (non-hydrogen) atoms. The molecule has 1 aliphatic carbocycles. The molecule has 7 nitrogen and oxygen atoms in total. The van der Waals surface area contributed by atoms with Gasteiger partial charge >= 0.3 is 5.97 Å². The summed E-state index contributed by atoms with van der Waals surface area (Å²) in [6.45, 7) is 2.10. The summed E-state index contributed by atoms with van der Waals surface area (Å²) in [5, 5.41) is 17.6. The first-order chi connectivity index (χ1) is 14.0. The molecule has 1 heterocycles. The van der Waals surface area contributed by atoms with Gasteiger partial charge in [0.2, 0.25) is 0 Å². The van der Waals surface area contributed by atoms with E-state index < -0.39 is 23.5 Å². The quantitative estimate of drug-likeness (QED) is 0.673. The molecule has 3 rings (SSSR count). The minimum atomic E-state index is -1.00. The summed E-state index contributed by atoms with van der Waals surface area (Å²) in [4.78, 5) is 29.0. The molecule has 2 N–H and O–H groups in total. The minimum absolute atomic E-state index is 0.151. The van der Waals surface area contributed by atoms with E-state index in [-0.39, 0.29) is 5.69 Å². The molecule has 2 aromatic rings. The lowest BCUT2D eigenvalue weighted by atomic mass is 9.83. The van der Waals surface area contributed by atoms with E-state index >= 15 is 0 Å². The largest absolute Gasteiger partial charge is 0.448 e. The Bertz CT molecular complexity index is 885. The number of carbonyl (C=O) groups excluding carboxylic acids is 2. The fourth-order valence-corrected chi connectivity index (χ4v) is 3.93. The van der Waals surface area contributed by atoms with Gasteiger partial charge in [0.25, 0.3) is 5.91 Å². The highest BCUT2D eigenvalue weighted by Crippen LogP contribution is 2.27. The van der Waals surface area contributed by atoms with Crippen molar-refractivity contribution in [2.45, 2.75) is 57.2 Å². The van der Waals surface area contributed by atoms with Crippen LogP contribution in [0.4, 0.5) is 5.13 Å². The number of esters is 1. The summed E-state index contributed by atoms with van der Waals surface area (Å²) >= 11 is 1.30. The predicted molar refractivity (Wildman–Crippen MR) is 110 cm³/mol. The van der Waals surface area contributed by atoms with Crippen LogP contribution in [0.2, 0.25) is 0 Å². The second-order valence-corrected chi connectivity index (χ2v) is 8.03. The molecule has 0 aliphatic heterocycles. The summed E-state index contributed by atoms with van der Waals surface area (Å²) in [5.74, 6) is -1.12. The smallest absolute Gasteiger partial charge is 0.358 e. The zero-order chi connectivity index (χ0) is 20.7. The van der Waals surface area contributed by atoms with Crippen molar-refractivity contribution < 1.29 is 14.3 Å². The number of benzene rings is 1. The fraction of sp³-hybridized carbons (Fsp3) is 0.429. The second-order valence-electron chi connectivity index (χ2n) is 7.17. The van der Waals surface area contributed by atoms with Gasteiger partial charge in [0.15, 0.2) is 16.9 Å². The van der Waals surface area contributed by atoms with Crippen LogP contribution >= 0.6 is 11.3 Å². The maximum absolute atomic E-state index is 12.4. The van der Waals surface area contributed by atoms with E-state index in [9.17, 15) is 14.9 Å². The first-order valence-corrected chi connectivity index (χ1v) is 10.6. The van der Waals surface area contributed by atoms with Crippen LogP contribution in [-0.2, 0) is 16.1 Å². The number of nitrogens with zero attached hydrogens (tertiary/aromatic N) is 2. The highest BCUT2D eigenvalue weighted by atomic mass is 32.1. The zero-order valence-corrected chi connectivity index (χ0v) is 17.1. The van der Waals surface area contributed by atoms with Crippen molar-refractivity contribution in [2.75, 3.05) is 5.32 Å². The van der Waals surface area contributed by atoms with Crippen LogP contribution in [0.3, 0.4) is 0 Å². The number of hydrogen-bond acceptors (Lipinski definition) is 7. The van der Waals surface area contributed by atoms with Gasteiger partial charge in [0.1, 0.15) is 5.54 Å². The molecule has 0 saturated heterocycles. The van der Waals surface area contributed by atoms with E-state index in [4.69, 9.17) is 4.74 Å². The minimum Gasteiger partial charge on any atom is -0.448 e. The topological polar surface area (TPSA) is 104 Å². The Kier molecular flexibility index (Phi) is 6.83. The van der Waals surface area contributed by atoms with Gasteiger partial charge in [-0.05, 0) is 25.3 Å². The Balaban J connectivity index is 1.52. The summed E-state index contributed by atoms with van der Waals surface area (Å²) in [6, 6.07) is 12.1. The molecule has 152 valence electrons. The molecule has 1 fully saturated rings. The standard InChI is InChI=1S/C21H24N4O3S/c1-15(18(26)25-21(14-22)10-6-3-7-11-21)28-19(27)17-13-29-20(24-17)23-12-16-8-4-2-5-9-16/h2,4-5,8-9,13,15H,3,6-7,10-12H2,1H3,(H,23,24)(H,25,26)/t15-/m1/s1. The summed E-state index contributed by atoms with van der Waals surface area (Å²) < 4.78 is 5.26. The van der Waals surface area contributed by atoms with Gasteiger partial charge in [-0.3, -0.25) is 4.79 Å². The molecule has 1 aromatic heterocycles. The SMILES string of the molecule is C[C@@H](OC(=O)c1csc(NCc2ccccc2)n1)C(=O)NC1(C#N)CCCCC1. The lowest BCUT2D eigenvalue weighted by Crippen LogP contribution is -2.52. The number of hydrogen-bond donors (Lipinski definition) is 2. The number of nitrogens with one attached hydrogen (secondary N) is 2. The molecule has 0 radical (unpaired) electrons. The van der Waals surface area contributed by atoms with Gasteiger partial charge in [-0.25, -0.2) is 9.78 Å². The third-order valence-electron chi connectivity index (χ3n) is 4.94. The maximum Gasteiger partial charge on any atom is 0.358 e. The van der Waals surface area contributed by atoms with Crippen LogP contribution in [0.1, 0.15) is 55.1 Å². The second kappa shape index (κ2) is 9.52. The number of aromatic nitrogens is 1.